The predicted octanol–water partition coefficient (Wildman–Crippen LogP) is 3.21. The number of benzene rings is 2. The molecule has 0 aliphatic rings. The monoisotopic (exact) mass is 339 g/mol. The molecule has 2 rings (SSSR count). The second-order valence-corrected chi connectivity index (χ2v) is 6.30. The molecule has 0 bridgehead atoms. The summed E-state index contributed by atoms with van der Waals surface area (Å²) in [6.45, 7) is 3.38. The third-order valence-electron chi connectivity index (χ3n) is 3.96. The number of nitriles is 1. The summed E-state index contributed by atoms with van der Waals surface area (Å²) in [4.78, 5) is 16.6. The van der Waals surface area contributed by atoms with Gasteiger partial charge in [-0.1, -0.05) is 18.2 Å². The Morgan fingerprint density at radius 2 is 1.92 bits per heavy atom. The largest absolute Gasteiger partial charge is 0.333 e. The zero-order valence-electron chi connectivity index (χ0n) is 14.8. The Morgan fingerprint density at radius 1 is 1.16 bits per heavy atom. The topological polar surface area (TPSA) is 47.3 Å². The Kier molecular flexibility index (Phi) is 6.26. The molecule has 4 nitrogen and oxygen atoms in total. The van der Waals surface area contributed by atoms with Crippen molar-refractivity contribution in [1.82, 2.24) is 9.80 Å². The van der Waals surface area contributed by atoms with E-state index in [0.717, 1.165) is 11.1 Å². The molecule has 0 atom stereocenters. The minimum Gasteiger partial charge on any atom is -0.333 e. The third-order valence-corrected chi connectivity index (χ3v) is 3.96. The van der Waals surface area contributed by atoms with Crippen LogP contribution in [0.4, 0.5) is 4.39 Å². The van der Waals surface area contributed by atoms with Crippen molar-refractivity contribution < 1.29 is 9.18 Å². The summed E-state index contributed by atoms with van der Waals surface area (Å²) in [5.74, 6) is -0.630. The summed E-state index contributed by atoms with van der Waals surface area (Å²) in [5.41, 5.74) is 2.54. The van der Waals surface area contributed by atoms with Gasteiger partial charge in [-0.15, -0.1) is 0 Å². The predicted molar refractivity (Wildman–Crippen MR) is 95.6 cm³/mol. The molecule has 2 aromatic rings. The number of halogens is 1. The molecule has 0 radical (unpaired) electrons. The summed E-state index contributed by atoms with van der Waals surface area (Å²) < 4.78 is 13.6. The van der Waals surface area contributed by atoms with Gasteiger partial charge in [-0.25, -0.2) is 4.39 Å². The fourth-order valence-corrected chi connectivity index (χ4v) is 2.53. The SMILES string of the molecule is Cc1ccc(F)cc1C(=O)N(CCN(C)C)Cc1cccc(C#N)c1. The van der Waals surface area contributed by atoms with Crippen LogP contribution in [0.1, 0.15) is 27.0 Å². The highest BCUT2D eigenvalue weighted by Gasteiger charge is 2.19. The van der Waals surface area contributed by atoms with Crippen LogP contribution in [0.25, 0.3) is 0 Å². The molecule has 25 heavy (non-hydrogen) atoms. The lowest BCUT2D eigenvalue weighted by Gasteiger charge is -2.25. The molecule has 0 spiro atoms. The van der Waals surface area contributed by atoms with Gasteiger partial charge in [-0.3, -0.25) is 4.79 Å². The first kappa shape index (κ1) is 18.6. The summed E-state index contributed by atoms with van der Waals surface area (Å²) >= 11 is 0. The fourth-order valence-electron chi connectivity index (χ4n) is 2.53. The van der Waals surface area contributed by atoms with Crippen molar-refractivity contribution in [3.8, 4) is 6.07 Å². The van der Waals surface area contributed by atoms with Crippen LogP contribution in [0, 0.1) is 24.1 Å². The van der Waals surface area contributed by atoms with Gasteiger partial charge in [-0.05, 0) is 56.4 Å². The molecule has 1 amide bonds. The van der Waals surface area contributed by atoms with Gasteiger partial charge in [0.2, 0.25) is 0 Å². The minimum absolute atomic E-state index is 0.207. The highest BCUT2D eigenvalue weighted by atomic mass is 19.1. The molecule has 0 saturated carbocycles. The van der Waals surface area contributed by atoms with Gasteiger partial charge in [0.1, 0.15) is 5.82 Å². The first-order valence-corrected chi connectivity index (χ1v) is 8.10. The van der Waals surface area contributed by atoms with Crippen molar-refractivity contribution in [3.63, 3.8) is 0 Å². The van der Waals surface area contributed by atoms with Crippen molar-refractivity contribution in [3.05, 3.63) is 70.5 Å². The number of carbonyl (C=O) groups is 1. The number of rotatable bonds is 6. The van der Waals surface area contributed by atoms with E-state index in [1.807, 2.05) is 25.1 Å². The maximum atomic E-state index is 13.6. The molecular formula is C20H22FN3O. The molecule has 0 aliphatic carbocycles. The van der Waals surface area contributed by atoms with E-state index in [1.165, 1.54) is 12.1 Å². The number of amides is 1. The number of carbonyl (C=O) groups excluding carboxylic acids is 1. The van der Waals surface area contributed by atoms with Crippen molar-refractivity contribution in [1.29, 1.82) is 5.26 Å². The van der Waals surface area contributed by atoms with E-state index in [2.05, 4.69) is 6.07 Å². The standard InChI is InChI=1S/C20H22FN3O/c1-15-7-8-18(21)12-19(15)20(25)24(10-9-23(2)3)14-17-6-4-5-16(11-17)13-22/h4-8,11-12H,9-10,14H2,1-3H3. The van der Waals surface area contributed by atoms with E-state index in [9.17, 15) is 9.18 Å². The highest BCUT2D eigenvalue weighted by molar-refractivity contribution is 5.95. The fraction of sp³-hybridized carbons (Fsp3) is 0.300. The van der Waals surface area contributed by atoms with Crippen LogP contribution in [0.2, 0.25) is 0 Å². The summed E-state index contributed by atoms with van der Waals surface area (Å²) in [6.07, 6.45) is 0. The first-order chi connectivity index (χ1) is 11.9. The molecule has 5 heteroatoms. The van der Waals surface area contributed by atoms with Crippen LogP contribution in [0.3, 0.4) is 0 Å². The Bertz CT molecular complexity index is 796. The Morgan fingerprint density at radius 3 is 2.60 bits per heavy atom. The number of aryl methyl sites for hydroxylation is 1. The van der Waals surface area contributed by atoms with E-state index in [0.29, 0.717) is 30.8 Å². The Balaban J connectivity index is 2.29. The second kappa shape index (κ2) is 8.41. The zero-order valence-corrected chi connectivity index (χ0v) is 14.8. The molecule has 0 heterocycles. The summed E-state index contributed by atoms with van der Waals surface area (Å²) in [6, 6.07) is 13.5. The number of likely N-dealkylation sites (N-methyl/N-ethyl adjacent to an activating group) is 1. The molecule has 0 aromatic heterocycles. The van der Waals surface area contributed by atoms with E-state index in [1.54, 1.807) is 36.1 Å². The van der Waals surface area contributed by atoms with Gasteiger partial charge >= 0.3 is 0 Å². The molecule has 0 unspecified atom stereocenters. The van der Waals surface area contributed by atoms with Crippen LogP contribution in [0.15, 0.2) is 42.5 Å². The lowest BCUT2D eigenvalue weighted by molar-refractivity contribution is 0.0730. The van der Waals surface area contributed by atoms with E-state index in [-0.39, 0.29) is 5.91 Å². The smallest absolute Gasteiger partial charge is 0.254 e. The molecular weight excluding hydrogens is 317 g/mol. The molecule has 0 N–H and O–H groups in total. The van der Waals surface area contributed by atoms with Gasteiger partial charge in [0.25, 0.3) is 5.91 Å². The Labute approximate surface area is 148 Å². The third kappa shape index (κ3) is 5.13. The van der Waals surface area contributed by atoms with E-state index >= 15 is 0 Å². The van der Waals surface area contributed by atoms with E-state index in [4.69, 9.17) is 5.26 Å². The molecule has 0 saturated heterocycles. The summed E-state index contributed by atoms with van der Waals surface area (Å²) in [5, 5.41) is 9.05. The highest BCUT2D eigenvalue weighted by Crippen LogP contribution is 2.16. The molecule has 130 valence electrons. The van der Waals surface area contributed by atoms with Crippen LogP contribution in [0.5, 0.6) is 0 Å². The van der Waals surface area contributed by atoms with Gasteiger partial charge in [0.15, 0.2) is 0 Å². The van der Waals surface area contributed by atoms with Gasteiger partial charge in [-0.2, -0.15) is 5.26 Å². The van der Waals surface area contributed by atoms with Crippen LogP contribution in [-0.4, -0.2) is 42.9 Å². The number of hydrogen-bond donors (Lipinski definition) is 0. The normalized spacial score (nSPS) is 10.6. The number of hydrogen-bond acceptors (Lipinski definition) is 3. The minimum atomic E-state index is -0.423. The maximum Gasteiger partial charge on any atom is 0.254 e. The molecule has 0 fully saturated rings. The molecule has 0 aliphatic heterocycles. The maximum absolute atomic E-state index is 13.6. The molecule has 2 aromatic carbocycles. The van der Waals surface area contributed by atoms with Gasteiger partial charge in [0, 0.05) is 25.2 Å². The number of nitrogens with zero attached hydrogens (tertiary/aromatic N) is 3. The Hall–Kier alpha value is -2.71. The lowest BCUT2D eigenvalue weighted by Crippen LogP contribution is -2.36. The summed E-state index contributed by atoms with van der Waals surface area (Å²) in [7, 11) is 3.87. The lowest BCUT2D eigenvalue weighted by atomic mass is 10.1. The van der Waals surface area contributed by atoms with Crippen molar-refractivity contribution in [2.24, 2.45) is 0 Å². The van der Waals surface area contributed by atoms with Gasteiger partial charge < -0.3 is 9.80 Å². The van der Waals surface area contributed by atoms with Crippen LogP contribution >= 0.6 is 0 Å². The van der Waals surface area contributed by atoms with Crippen LogP contribution < -0.4 is 0 Å². The average Bonchev–Trinajstić information content (AvgIpc) is 2.60. The van der Waals surface area contributed by atoms with Crippen molar-refractivity contribution in [2.45, 2.75) is 13.5 Å². The first-order valence-electron chi connectivity index (χ1n) is 8.10. The quantitative estimate of drug-likeness (QED) is 0.812. The van der Waals surface area contributed by atoms with Crippen molar-refractivity contribution in [2.75, 3.05) is 27.2 Å². The van der Waals surface area contributed by atoms with Crippen LogP contribution in [-0.2, 0) is 6.54 Å². The average molecular weight is 339 g/mol. The zero-order chi connectivity index (χ0) is 18.4. The van der Waals surface area contributed by atoms with E-state index < -0.39 is 5.82 Å². The van der Waals surface area contributed by atoms with Crippen molar-refractivity contribution >= 4 is 5.91 Å². The second-order valence-electron chi connectivity index (χ2n) is 6.30. The van der Waals surface area contributed by atoms with Gasteiger partial charge in [0.05, 0.1) is 11.6 Å².